The lowest BCUT2D eigenvalue weighted by Gasteiger charge is -2.06. The van der Waals surface area contributed by atoms with Crippen LogP contribution in [0.15, 0.2) is 59.0 Å². The van der Waals surface area contributed by atoms with Crippen LogP contribution in [0.4, 0.5) is 0 Å². The van der Waals surface area contributed by atoms with Gasteiger partial charge in [0.2, 0.25) is 0 Å². The van der Waals surface area contributed by atoms with Crippen LogP contribution in [0.1, 0.15) is 33.1 Å². The third-order valence-corrected chi connectivity index (χ3v) is 4.76. The number of hydrogen-bond acceptors (Lipinski definition) is 3. The summed E-state index contributed by atoms with van der Waals surface area (Å²) in [5.74, 6) is 0.0940. The van der Waals surface area contributed by atoms with Gasteiger partial charge in [0.15, 0.2) is 5.76 Å². The van der Waals surface area contributed by atoms with Crippen molar-refractivity contribution in [2.24, 2.45) is 0 Å². The van der Waals surface area contributed by atoms with Crippen LogP contribution in [-0.4, -0.2) is 15.7 Å². The van der Waals surface area contributed by atoms with E-state index in [0.717, 1.165) is 39.2 Å². The van der Waals surface area contributed by atoms with Crippen LogP contribution in [0.2, 0.25) is 0 Å². The van der Waals surface area contributed by atoms with Crippen LogP contribution in [0.3, 0.4) is 0 Å². The topological polar surface area (TPSA) is 60.1 Å². The molecule has 2 heterocycles. The van der Waals surface area contributed by atoms with Gasteiger partial charge < -0.3 is 9.73 Å². The van der Waals surface area contributed by atoms with Gasteiger partial charge in [0, 0.05) is 23.2 Å². The molecule has 4 rings (SSSR count). The number of nitrogens with zero attached hydrogens (tertiary/aromatic N) is 2. The summed E-state index contributed by atoms with van der Waals surface area (Å²) in [6.45, 7) is 6.39. The van der Waals surface area contributed by atoms with Gasteiger partial charge in [-0.3, -0.25) is 4.79 Å². The summed E-state index contributed by atoms with van der Waals surface area (Å²) in [6.07, 6.45) is 0. The minimum atomic E-state index is -0.227. The number of nitrogens with one attached hydrogen (secondary N) is 1. The van der Waals surface area contributed by atoms with Gasteiger partial charge in [-0.05, 0) is 51.1 Å². The molecule has 0 spiro atoms. The third-order valence-electron chi connectivity index (χ3n) is 4.76. The lowest BCUT2D eigenvalue weighted by Crippen LogP contribution is -2.22. The lowest BCUT2D eigenvalue weighted by atomic mass is 10.2. The van der Waals surface area contributed by atoms with Crippen molar-refractivity contribution in [3.63, 3.8) is 0 Å². The molecular formula is C22H21N3O2. The molecule has 2 aromatic heterocycles. The van der Waals surface area contributed by atoms with Gasteiger partial charge in [-0.25, -0.2) is 4.68 Å². The summed E-state index contributed by atoms with van der Waals surface area (Å²) in [5.41, 5.74) is 5.78. The Kier molecular flexibility index (Phi) is 4.28. The van der Waals surface area contributed by atoms with Crippen molar-refractivity contribution < 1.29 is 9.21 Å². The lowest BCUT2D eigenvalue weighted by molar-refractivity contribution is 0.0925. The van der Waals surface area contributed by atoms with E-state index in [1.54, 1.807) is 6.07 Å². The first-order chi connectivity index (χ1) is 13.0. The largest absolute Gasteiger partial charge is 0.451 e. The van der Waals surface area contributed by atoms with Gasteiger partial charge in [0.25, 0.3) is 5.91 Å². The average molecular weight is 359 g/mol. The fraction of sp³-hybridized carbons (Fsp3) is 0.182. The van der Waals surface area contributed by atoms with E-state index in [1.807, 2.05) is 74.0 Å². The number of carbonyl (C=O) groups is 1. The monoisotopic (exact) mass is 359 g/mol. The van der Waals surface area contributed by atoms with Crippen molar-refractivity contribution in [2.45, 2.75) is 27.3 Å². The molecular weight excluding hydrogens is 338 g/mol. The molecule has 5 nitrogen and oxygen atoms in total. The molecule has 0 fully saturated rings. The predicted octanol–water partition coefficient (Wildman–Crippen LogP) is 4.47. The van der Waals surface area contributed by atoms with Crippen molar-refractivity contribution in [3.8, 4) is 5.69 Å². The van der Waals surface area contributed by atoms with Gasteiger partial charge in [0.1, 0.15) is 5.58 Å². The predicted molar refractivity (Wildman–Crippen MR) is 105 cm³/mol. The maximum Gasteiger partial charge on any atom is 0.287 e. The smallest absolute Gasteiger partial charge is 0.287 e. The molecule has 0 unspecified atom stereocenters. The van der Waals surface area contributed by atoms with Gasteiger partial charge in [0.05, 0.1) is 11.4 Å². The van der Waals surface area contributed by atoms with E-state index in [4.69, 9.17) is 4.42 Å². The van der Waals surface area contributed by atoms with Gasteiger partial charge in [-0.1, -0.05) is 29.8 Å². The van der Waals surface area contributed by atoms with E-state index in [1.165, 1.54) is 0 Å². The van der Waals surface area contributed by atoms with Crippen LogP contribution in [-0.2, 0) is 6.54 Å². The second-order valence-electron chi connectivity index (χ2n) is 6.73. The second-order valence-corrected chi connectivity index (χ2v) is 6.73. The van der Waals surface area contributed by atoms with E-state index >= 15 is 0 Å². The molecule has 0 aliphatic heterocycles. The normalized spacial score (nSPS) is 11.1. The number of furan rings is 1. The van der Waals surface area contributed by atoms with Gasteiger partial charge >= 0.3 is 0 Å². The van der Waals surface area contributed by atoms with E-state index in [9.17, 15) is 4.79 Å². The molecule has 5 heteroatoms. The Balaban J connectivity index is 1.54. The Morgan fingerprint density at radius 2 is 1.85 bits per heavy atom. The maximum absolute atomic E-state index is 12.5. The summed E-state index contributed by atoms with van der Waals surface area (Å²) in [4.78, 5) is 12.5. The standard InChI is InChI=1S/C22H21N3O2/c1-14-9-10-20-17(11-14)12-21(27-20)22(26)23-13-19-15(2)24-25(16(19)3)18-7-5-4-6-8-18/h4-12H,13H2,1-3H3,(H,23,26). The molecule has 1 N–H and O–H groups in total. The Hall–Kier alpha value is -3.34. The number of hydrogen-bond donors (Lipinski definition) is 1. The zero-order valence-electron chi connectivity index (χ0n) is 15.6. The number of benzene rings is 2. The first-order valence-corrected chi connectivity index (χ1v) is 8.92. The Labute approximate surface area is 157 Å². The maximum atomic E-state index is 12.5. The van der Waals surface area contributed by atoms with Crippen molar-refractivity contribution >= 4 is 16.9 Å². The fourth-order valence-corrected chi connectivity index (χ4v) is 3.28. The Bertz CT molecular complexity index is 1120. The number of aromatic nitrogens is 2. The number of rotatable bonds is 4. The van der Waals surface area contributed by atoms with E-state index < -0.39 is 0 Å². The van der Waals surface area contributed by atoms with Crippen molar-refractivity contribution in [3.05, 3.63) is 82.9 Å². The molecule has 0 radical (unpaired) electrons. The van der Waals surface area contributed by atoms with Crippen molar-refractivity contribution in [1.82, 2.24) is 15.1 Å². The summed E-state index contributed by atoms with van der Waals surface area (Å²) in [7, 11) is 0. The molecule has 0 atom stereocenters. The van der Waals surface area contributed by atoms with Crippen molar-refractivity contribution in [1.29, 1.82) is 0 Å². The molecule has 27 heavy (non-hydrogen) atoms. The highest BCUT2D eigenvalue weighted by Crippen LogP contribution is 2.21. The summed E-state index contributed by atoms with van der Waals surface area (Å²) >= 11 is 0. The summed E-state index contributed by atoms with van der Waals surface area (Å²) in [5, 5.41) is 8.50. The highest BCUT2D eigenvalue weighted by molar-refractivity contribution is 5.96. The van der Waals surface area contributed by atoms with E-state index in [2.05, 4.69) is 10.4 Å². The van der Waals surface area contributed by atoms with Crippen LogP contribution >= 0.6 is 0 Å². The van der Waals surface area contributed by atoms with Crippen molar-refractivity contribution in [2.75, 3.05) is 0 Å². The van der Waals surface area contributed by atoms with Crippen LogP contribution in [0, 0.1) is 20.8 Å². The number of amides is 1. The van der Waals surface area contributed by atoms with Gasteiger partial charge in [-0.15, -0.1) is 0 Å². The fourth-order valence-electron chi connectivity index (χ4n) is 3.28. The second kappa shape index (κ2) is 6.76. The quantitative estimate of drug-likeness (QED) is 0.585. The number of para-hydroxylation sites is 1. The minimum Gasteiger partial charge on any atom is -0.451 e. The first kappa shape index (κ1) is 17.1. The number of carbonyl (C=O) groups excluding carboxylic acids is 1. The molecule has 4 aromatic rings. The molecule has 0 bridgehead atoms. The highest BCUT2D eigenvalue weighted by Gasteiger charge is 2.16. The molecule has 0 aliphatic carbocycles. The zero-order chi connectivity index (χ0) is 19.0. The third kappa shape index (κ3) is 3.24. The zero-order valence-corrected chi connectivity index (χ0v) is 15.6. The Morgan fingerprint density at radius 3 is 2.63 bits per heavy atom. The first-order valence-electron chi connectivity index (χ1n) is 8.92. The minimum absolute atomic E-state index is 0.227. The number of aryl methyl sites for hydroxylation is 2. The molecule has 0 saturated carbocycles. The van der Waals surface area contributed by atoms with Crippen LogP contribution in [0.5, 0.6) is 0 Å². The van der Waals surface area contributed by atoms with Crippen LogP contribution < -0.4 is 5.32 Å². The highest BCUT2D eigenvalue weighted by atomic mass is 16.3. The SMILES string of the molecule is Cc1ccc2oc(C(=O)NCc3c(C)nn(-c4ccccc4)c3C)cc2c1. The average Bonchev–Trinajstić information content (AvgIpc) is 3.21. The van der Waals surface area contributed by atoms with Gasteiger partial charge in [-0.2, -0.15) is 5.10 Å². The molecule has 0 saturated heterocycles. The van der Waals surface area contributed by atoms with Crippen LogP contribution in [0.25, 0.3) is 16.7 Å². The summed E-state index contributed by atoms with van der Waals surface area (Å²) < 4.78 is 7.58. The molecule has 1 amide bonds. The van der Waals surface area contributed by atoms with E-state index in [0.29, 0.717) is 12.3 Å². The molecule has 0 aliphatic rings. The van der Waals surface area contributed by atoms with E-state index in [-0.39, 0.29) is 5.91 Å². The Morgan fingerprint density at radius 1 is 1.07 bits per heavy atom. The summed E-state index contributed by atoms with van der Waals surface area (Å²) in [6, 6.07) is 17.6. The molecule has 2 aromatic carbocycles. The number of fused-ring (bicyclic) bond motifs is 1. The molecule has 136 valence electrons.